The first kappa shape index (κ1) is 17.5. The Morgan fingerprint density at radius 2 is 2.12 bits per heavy atom. The van der Waals surface area contributed by atoms with E-state index in [4.69, 9.17) is 9.47 Å². The average molecular weight is 362 g/mol. The average Bonchev–Trinajstić information content (AvgIpc) is 3.43. The molecular weight excluding hydrogens is 336 g/mol. The molecule has 0 aromatic carbocycles. The Hall–Kier alpha value is -1.96. The van der Waals surface area contributed by atoms with Gasteiger partial charge in [0, 0.05) is 6.54 Å². The minimum atomic E-state index is -0.502. The normalized spacial score (nSPS) is 27.3. The molecule has 1 aliphatic carbocycles. The maximum absolute atomic E-state index is 13.1. The van der Waals surface area contributed by atoms with Crippen LogP contribution < -0.4 is 0 Å². The Morgan fingerprint density at radius 3 is 2.88 bits per heavy atom. The number of amides is 1. The molecule has 1 aromatic heterocycles. The van der Waals surface area contributed by atoms with Crippen molar-refractivity contribution in [2.45, 2.75) is 64.0 Å². The van der Waals surface area contributed by atoms with Crippen LogP contribution >= 0.6 is 0 Å². The van der Waals surface area contributed by atoms with E-state index in [1.165, 1.54) is 12.8 Å². The monoisotopic (exact) mass is 362 g/mol. The van der Waals surface area contributed by atoms with Crippen molar-refractivity contribution in [2.24, 2.45) is 5.41 Å². The Morgan fingerprint density at radius 1 is 1.31 bits per heavy atom. The lowest BCUT2D eigenvalue weighted by atomic mass is 9.83. The topological polar surface area (TPSA) is 97.4 Å². The minimum Gasteiger partial charge on any atom is -0.461 e. The Balaban J connectivity index is 1.50. The molecule has 3 aliphatic rings. The first-order chi connectivity index (χ1) is 12.6. The molecule has 2 aliphatic heterocycles. The summed E-state index contributed by atoms with van der Waals surface area (Å²) < 4.78 is 11.0. The molecule has 1 saturated carbocycles. The van der Waals surface area contributed by atoms with Crippen molar-refractivity contribution < 1.29 is 19.1 Å². The molecule has 1 aromatic rings. The zero-order valence-electron chi connectivity index (χ0n) is 15.2. The van der Waals surface area contributed by atoms with Crippen molar-refractivity contribution in [1.82, 2.24) is 20.3 Å². The third-order valence-corrected chi connectivity index (χ3v) is 6.04. The minimum absolute atomic E-state index is 0.0223. The molecular formula is C18H26N4O4. The molecule has 0 radical (unpaired) electrons. The fourth-order valence-corrected chi connectivity index (χ4v) is 4.74. The van der Waals surface area contributed by atoms with Gasteiger partial charge in [0.1, 0.15) is 11.8 Å². The third-order valence-electron chi connectivity index (χ3n) is 6.04. The summed E-state index contributed by atoms with van der Waals surface area (Å²) in [5, 5.41) is 10.6. The number of likely N-dealkylation sites (tertiary alicyclic amines) is 1. The van der Waals surface area contributed by atoms with E-state index in [2.05, 4.69) is 15.4 Å². The first-order valence-corrected chi connectivity index (χ1v) is 9.63. The number of H-pyrrole nitrogens is 1. The molecule has 142 valence electrons. The van der Waals surface area contributed by atoms with Crippen molar-refractivity contribution in [1.29, 1.82) is 0 Å². The fourth-order valence-electron chi connectivity index (χ4n) is 4.74. The predicted octanol–water partition coefficient (Wildman–Crippen LogP) is 1.99. The van der Waals surface area contributed by atoms with Gasteiger partial charge >= 0.3 is 5.97 Å². The SMILES string of the molecule is CCOC(=O)c1n[nH]nc1C1CCCN1C(=O)C1CC2(CCCC2)CO1. The number of aromatic nitrogens is 3. The van der Waals surface area contributed by atoms with Gasteiger partial charge < -0.3 is 14.4 Å². The summed E-state index contributed by atoms with van der Waals surface area (Å²) in [6.45, 7) is 3.38. The van der Waals surface area contributed by atoms with Gasteiger partial charge in [0.15, 0.2) is 5.69 Å². The highest BCUT2D eigenvalue weighted by molar-refractivity contribution is 5.89. The quantitative estimate of drug-likeness (QED) is 0.823. The first-order valence-electron chi connectivity index (χ1n) is 9.63. The van der Waals surface area contributed by atoms with Crippen molar-refractivity contribution in [3.63, 3.8) is 0 Å². The lowest BCUT2D eigenvalue weighted by Gasteiger charge is -2.26. The number of hydrogen-bond donors (Lipinski definition) is 1. The van der Waals surface area contributed by atoms with Crippen LogP contribution in [0, 0.1) is 5.41 Å². The maximum Gasteiger partial charge on any atom is 0.360 e. The van der Waals surface area contributed by atoms with E-state index in [1.807, 2.05) is 4.90 Å². The van der Waals surface area contributed by atoms with E-state index in [-0.39, 0.29) is 35.8 Å². The molecule has 3 fully saturated rings. The molecule has 26 heavy (non-hydrogen) atoms. The number of carbonyl (C=O) groups excluding carboxylic acids is 2. The highest BCUT2D eigenvalue weighted by atomic mass is 16.5. The van der Waals surface area contributed by atoms with Crippen molar-refractivity contribution in [2.75, 3.05) is 19.8 Å². The zero-order valence-corrected chi connectivity index (χ0v) is 15.2. The van der Waals surface area contributed by atoms with Crippen LogP contribution in [0.15, 0.2) is 0 Å². The molecule has 8 nitrogen and oxygen atoms in total. The number of ether oxygens (including phenoxy) is 2. The summed E-state index contributed by atoms with van der Waals surface area (Å²) in [5.41, 5.74) is 0.888. The van der Waals surface area contributed by atoms with E-state index < -0.39 is 5.97 Å². The van der Waals surface area contributed by atoms with Gasteiger partial charge in [0.25, 0.3) is 5.91 Å². The van der Waals surface area contributed by atoms with Crippen molar-refractivity contribution in [3.05, 3.63) is 11.4 Å². The number of nitrogens with zero attached hydrogens (tertiary/aromatic N) is 3. The van der Waals surface area contributed by atoms with Crippen LogP contribution in [0.1, 0.15) is 74.1 Å². The second-order valence-corrected chi connectivity index (χ2v) is 7.68. The van der Waals surface area contributed by atoms with Gasteiger partial charge in [-0.2, -0.15) is 10.3 Å². The number of hydrogen-bond acceptors (Lipinski definition) is 6. The van der Waals surface area contributed by atoms with Gasteiger partial charge in [0.2, 0.25) is 0 Å². The van der Waals surface area contributed by atoms with Crippen LogP contribution in [-0.4, -0.2) is 58.0 Å². The largest absolute Gasteiger partial charge is 0.461 e. The van der Waals surface area contributed by atoms with Crippen LogP contribution in [-0.2, 0) is 14.3 Å². The number of rotatable bonds is 4. The van der Waals surface area contributed by atoms with Crippen LogP contribution in [0.25, 0.3) is 0 Å². The summed E-state index contributed by atoms with van der Waals surface area (Å²) in [6.07, 6.45) is 6.89. The van der Waals surface area contributed by atoms with Gasteiger partial charge in [-0.05, 0) is 44.4 Å². The molecule has 1 spiro atoms. The van der Waals surface area contributed by atoms with E-state index >= 15 is 0 Å². The lowest BCUT2D eigenvalue weighted by molar-refractivity contribution is -0.142. The summed E-state index contributed by atoms with van der Waals surface area (Å²) >= 11 is 0. The van der Waals surface area contributed by atoms with Crippen LogP contribution in [0.4, 0.5) is 0 Å². The molecule has 0 bridgehead atoms. The Kier molecular flexibility index (Phi) is 4.69. The second-order valence-electron chi connectivity index (χ2n) is 7.68. The highest BCUT2D eigenvalue weighted by Gasteiger charge is 2.47. The molecule has 2 unspecified atom stereocenters. The van der Waals surface area contributed by atoms with E-state index in [9.17, 15) is 9.59 Å². The zero-order chi connectivity index (χ0) is 18.1. The molecule has 8 heteroatoms. The summed E-state index contributed by atoms with van der Waals surface area (Å²) in [5.74, 6) is -0.480. The molecule has 4 rings (SSSR count). The van der Waals surface area contributed by atoms with Gasteiger partial charge in [-0.25, -0.2) is 4.79 Å². The van der Waals surface area contributed by atoms with Crippen molar-refractivity contribution >= 4 is 11.9 Å². The van der Waals surface area contributed by atoms with Gasteiger partial charge in [-0.15, -0.1) is 5.10 Å². The Bertz CT molecular complexity index is 682. The summed E-state index contributed by atoms with van der Waals surface area (Å²) in [7, 11) is 0. The molecule has 1 amide bonds. The van der Waals surface area contributed by atoms with Crippen LogP contribution in [0.3, 0.4) is 0 Å². The summed E-state index contributed by atoms with van der Waals surface area (Å²) in [6, 6.07) is -0.246. The van der Waals surface area contributed by atoms with Gasteiger partial charge in [0.05, 0.1) is 19.3 Å². The van der Waals surface area contributed by atoms with Gasteiger partial charge in [-0.1, -0.05) is 12.8 Å². The van der Waals surface area contributed by atoms with Crippen molar-refractivity contribution in [3.8, 4) is 0 Å². The smallest absolute Gasteiger partial charge is 0.360 e. The molecule has 2 atom stereocenters. The third kappa shape index (κ3) is 3.00. The van der Waals surface area contributed by atoms with E-state index in [0.717, 1.165) is 32.1 Å². The lowest BCUT2D eigenvalue weighted by Crippen LogP contribution is -2.39. The highest BCUT2D eigenvalue weighted by Crippen LogP contribution is 2.47. The molecule has 3 heterocycles. The maximum atomic E-state index is 13.1. The number of carbonyl (C=O) groups is 2. The number of aromatic amines is 1. The van der Waals surface area contributed by atoms with E-state index in [1.54, 1.807) is 6.92 Å². The molecule has 2 saturated heterocycles. The predicted molar refractivity (Wildman–Crippen MR) is 91.3 cm³/mol. The number of esters is 1. The van der Waals surface area contributed by atoms with E-state index in [0.29, 0.717) is 18.8 Å². The Labute approximate surface area is 152 Å². The van der Waals surface area contributed by atoms with Gasteiger partial charge in [-0.3, -0.25) is 4.79 Å². The fraction of sp³-hybridized carbons (Fsp3) is 0.778. The number of nitrogens with one attached hydrogen (secondary N) is 1. The van der Waals surface area contributed by atoms with Crippen LogP contribution in [0.2, 0.25) is 0 Å². The standard InChI is InChI=1S/C18H26N4O4/c1-2-25-17(24)15-14(19-21-20-15)12-6-5-9-22(12)16(23)13-10-18(11-26-13)7-3-4-8-18/h12-13H,2-11H2,1H3,(H,19,20,21). The summed E-state index contributed by atoms with van der Waals surface area (Å²) in [4.78, 5) is 27.1. The van der Waals surface area contributed by atoms with Crippen LogP contribution in [0.5, 0.6) is 0 Å². The second kappa shape index (κ2) is 6.98. The molecule has 1 N–H and O–H groups in total.